The number of hydrogen-bond donors (Lipinski definition) is 0. The Morgan fingerprint density at radius 2 is 1.81 bits per heavy atom. The van der Waals surface area contributed by atoms with E-state index in [0.717, 1.165) is 24.3 Å². The van der Waals surface area contributed by atoms with Gasteiger partial charge in [-0.05, 0) is 30.4 Å². The highest BCUT2D eigenvalue weighted by molar-refractivity contribution is 5.96. The Kier molecular flexibility index (Phi) is 4.78. The van der Waals surface area contributed by atoms with E-state index in [9.17, 15) is 0 Å². The number of halogens is 1. The molecule has 2 aromatic rings. The van der Waals surface area contributed by atoms with E-state index in [1.165, 1.54) is 22.0 Å². The highest BCUT2D eigenvalue weighted by Crippen LogP contribution is 2.48. The fourth-order valence-electron chi connectivity index (χ4n) is 5.03. The Morgan fingerprint density at radius 1 is 1.04 bits per heavy atom. The monoisotopic (exact) mass is 390 g/mol. The van der Waals surface area contributed by atoms with Crippen molar-refractivity contribution in [2.75, 3.05) is 28.1 Å². The molecule has 0 amide bonds. The molecular weight excluding hydrogens is 366 g/mol. The number of methoxy groups -OCH3 is 2. The Bertz CT molecular complexity index is 913. The first-order chi connectivity index (χ1) is 12.7. The van der Waals surface area contributed by atoms with Crippen molar-refractivity contribution >= 4 is 35.1 Å². The predicted octanol–water partition coefficient (Wildman–Crippen LogP) is 3.87. The van der Waals surface area contributed by atoms with E-state index in [1.807, 2.05) is 0 Å². The molecule has 0 bridgehead atoms. The van der Waals surface area contributed by atoms with Gasteiger partial charge in [0, 0.05) is 25.7 Å². The molecule has 1 fully saturated rings. The number of rotatable bonds is 2. The third-order valence-electron chi connectivity index (χ3n) is 6.21. The first kappa shape index (κ1) is 18.5. The molecule has 4 unspecified atom stereocenters. The summed E-state index contributed by atoms with van der Waals surface area (Å²) in [5.41, 5.74) is 2.66. The summed E-state index contributed by atoms with van der Waals surface area (Å²) in [4.78, 5) is 0. The van der Waals surface area contributed by atoms with Crippen LogP contribution >= 0.6 is 12.4 Å². The van der Waals surface area contributed by atoms with Crippen molar-refractivity contribution in [3.05, 3.63) is 29.8 Å². The Hall–Kier alpha value is -1.82. The van der Waals surface area contributed by atoms with Gasteiger partial charge in [0.2, 0.25) is 12.5 Å². The van der Waals surface area contributed by atoms with Gasteiger partial charge >= 0.3 is 0 Å². The summed E-state index contributed by atoms with van der Waals surface area (Å²) < 4.78 is 25.0. The van der Waals surface area contributed by atoms with Crippen LogP contribution in [0.1, 0.15) is 24.3 Å². The maximum atomic E-state index is 5.86. The summed E-state index contributed by atoms with van der Waals surface area (Å²) in [6.45, 7) is 0.300. The lowest BCUT2D eigenvalue weighted by Crippen LogP contribution is -2.46. The average molecular weight is 391 g/mol. The van der Waals surface area contributed by atoms with Crippen molar-refractivity contribution in [3.63, 3.8) is 0 Å². The summed E-state index contributed by atoms with van der Waals surface area (Å²) in [5, 5.41) is 2.40. The fourth-order valence-corrected chi connectivity index (χ4v) is 5.03. The van der Waals surface area contributed by atoms with Crippen LogP contribution in [0.15, 0.2) is 24.3 Å². The standard InChI is InChI=1S/C21H24NO4.ClH/c1-22-10-16-13(6-7-17(23-2)21(16)24-3)14-5-4-12-8-18-19(26-11-25-18)9-15(12)20(14)22;/h4-5,8-10,13,16-17,21H,6-7,11H2,1-3H3;1H/q+1;. The molecule has 1 saturated carbocycles. The fraction of sp³-hybridized carbons (Fsp3) is 0.476. The van der Waals surface area contributed by atoms with E-state index in [2.05, 4.69) is 42.1 Å². The van der Waals surface area contributed by atoms with Gasteiger partial charge in [-0.25, -0.2) is 4.58 Å². The molecule has 0 aromatic heterocycles. The lowest BCUT2D eigenvalue weighted by molar-refractivity contribution is -0.406. The Morgan fingerprint density at radius 3 is 2.56 bits per heavy atom. The van der Waals surface area contributed by atoms with Crippen molar-refractivity contribution < 1.29 is 23.5 Å². The van der Waals surface area contributed by atoms with Crippen molar-refractivity contribution in [2.45, 2.75) is 31.0 Å². The van der Waals surface area contributed by atoms with Crippen LogP contribution in [-0.2, 0) is 9.47 Å². The highest BCUT2D eigenvalue weighted by Gasteiger charge is 2.46. The van der Waals surface area contributed by atoms with Crippen LogP contribution in [0, 0.1) is 5.92 Å². The molecule has 2 heterocycles. The van der Waals surface area contributed by atoms with Crippen molar-refractivity contribution in [1.29, 1.82) is 0 Å². The molecule has 144 valence electrons. The first-order valence-electron chi connectivity index (χ1n) is 9.21. The van der Waals surface area contributed by atoms with Crippen molar-refractivity contribution in [1.82, 2.24) is 0 Å². The van der Waals surface area contributed by atoms with Crippen molar-refractivity contribution in [2.24, 2.45) is 5.92 Å². The lowest BCUT2D eigenvalue weighted by atomic mass is 9.70. The minimum Gasteiger partial charge on any atom is -0.454 e. The number of nitrogens with zero attached hydrogens (tertiary/aromatic N) is 1. The molecule has 4 atom stereocenters. The van der Waals surface area contributed by atoms with E-state index < -0.39 is 0 Å². The van der Waals surface area contributed by atoms with Gasteiger partial charge in [0.25, 0.3) is 0 Å². The molecule has 0 radical (unpaired) electrons. The second-order valence-electron chi connectivity index (χ2n) is 7.43. The van der Waals surface area contributed by atoms with E-state index in [0.29, 0.717) is 18.6 Å². The van der Waals surface area contributed by atoms with Gasteiger partial charge < -0.3 is 18.9 Å². The zero-order chi connectivity index (χ0) is 17.8. The van der Waals surface area contributed by atoms with E-state index in [1.54, 1.807) is 14.2 Å². The number of fused-ring (bicyclic) bond motifs is 6. The smallest absolute Gasteiger partial charge is 0.231 e. The number of benzene rings is 2. The summed E-state index contributed by atoms with van der Waals surface area (Å²) in [5.74, 6) is 2.44. The Balaban J connectivity index is 0.00000180. The molecule has 27 heavy (non-hydrogen) atoms. The third kappa shape index (κ3) is 2.72. The minimum atomic E-state index is 0. The molecule has 1 aliphatic carbocycles. The Labute approximate surface area is 165 Å². The molecular formula is C21H25ClNO4+. The van der Waals surface area contributed by atoms with Gasteiger partial charge in [0.05, 0.1) is 23.5 Å². The zero-order valence-corrected chi connectivity index (χ0v) is 16.6. The largest absolute Gasteiger partial charge is 0.454 e. The van der Waals surface area contributed by atoms with Crippen LogP contribution in [0.4, 0.5) is 5.69 Å². The maximum absolute atomic E-state index is 5.86. The van der Waals surface area contributed by atoms with Crippen LogP contribution in [0.25, 0.3) is 10.8 Å². The van der Waals surface area contributed by atoms with E-state index in [4.69, 9.17) is 18.9 Å². The second-order valence-corrected chi connectivity index (χ2v) is 7.43. The highest BCUT2D eigenvalue weighted by atomic mass is 35.5. The molecule has 5 nitrogen and oxygen atoms in total. The van der Waals surface area contributed by atoms with Gasteiger partial charge in [-0.15, -0.1) is 12.4 Å². The second kappa shape index (κ2) is 6.97. The summed E-state index contributed by atoms with van der Waals surface area (Å²) in [6.07, 6.45) is 4.68. The lowest BCUT2D eigenvalue weighted by Gasteiger charge is -2.40. The normalized spacial score (nSPS) is 28.2. The van der Waals surface area contributed by atoms with Gasteiger partial charge in [-0.2, -0.15) is 0 Å². The van der Waals surface area contributed by atoms with E-state index in [-0.39, 0.29) is 24.6 Å². The predicted molar refractivity (Wildman–Crippen MR) is 106 cm³/mol. The maximum Gasteiger partial charge on any atom is 0.231 e. The van der Waals surface area contributed by atoms with Crippen LogP contribution in [0.3, 0.4) is 0 Å². The summed E-state index contributed by atoms with van der Waals surface area (Å²) >= 11 is 0. The topological polar surface area (TPSA) is 39.9 Å². The molecule has 0 spiro atoms. The number of hydrogen-bond acceptors (Lipinski definition) is 4. The zero-order valence-electron chi connectivity index (χ0n) is 15.8. The average Bonchev–Trinajstić information content (AvgIpc) is 3.12. The molecule has 0 saturated heterocycles. The van der Waals surface area contributed by atoms with Crippen LogP contribution in [0.2, 0.25) is 0 Å². The van der Waals surface area contributed by atoms with Crippen LogP contribution < -0.4 is 9.47 Å². The molecule has 5 rings (SSSR count). The number of ether oxygens (including phenoxy) is 4. The van der Waals surface area contributed by atoms with Gasteiger partial charge in [-0.3, -0.25) is 0 Å². The van der Waals surface area contributed by atoms with Crippen molar-refractivity contribution in [3.8, 4) is 11.5 Å². The summed E-state index contributed by atoms with van der Waals surface area (Å²) in [7, 11) is 5.71. The van der Waals surface area contributed by atoms with Crippen LogP contribution in [-0.4, -0.2) is 51.1 Å². The molecule has 2 aliphatic heterocycles. The van der Waals surface area contributed by atoms with Gasteiger partial charge in [0.1, 0.15) is 7.05 Å². The SMILES string of the molecule is COC1CCC2c3ccc4cc5c(cc4c3[N+](C)=CC2C1OC)OCO5.Cl. The third-order valence-corrected chi connectivity index (χ3v) is 6.21. The quantitative estimate of drug-likeness (QED) is 0.730. The van der Waals surface area contributed by atoms with Crippen LogP contribution in [0.5, 0.6) is 11.5 Å². The van der Waals surface area contributed by atoms with E-state index >= 15 is 0 Å². The first-order valence-corrected chi connectivity index (χ1v) is 9.21. The minimum absolute atomic E-state index is 0. The summed E-state index contributed by atoms with van der Waals surface area (Å²) in [6, 6.07) is 8.69. The van der Waals surface area contributed by atoms with Gasteiger partial charge in [-0.1, -0.05) is 12.1 Å². The molecule has 2 aromatic carbocycles. The van der Waals surface area contributed by atoms with Gasteiger partial charge in [0.15, 0.2) is 17.7 Å². The molecule has 6 heteroatoms. The molecule has 0 N–H and O–H groups in total. The molecule has 3 aliphatic rings.